The molecule has 0 radical (unpaired) electrons. The molecule has 0 saturated carbocycles. The second-order valence-electron chi connectivity index (χ2n) is 4.89. The Hall–Kier alpha value is -2.56. The fourth-order valence-corrected chi connectivity index (χ4v) is 2.09. The van der Waals surface area contributed by atoms with Gasteiger partial charge in [0.15, 0.2) is 0 Å². The first kappa shape index (κ1) is 15.8. The number of hydrogen-bond acceptors (Lipinski definition) is 3. The third-order valence-electron chi connectivity index (χ3n) is 3.28. The summed E-state index contributed by atoms with van der Waals surface area (Å²) in [5, 5.41) is 0. The van der Waals surface area contributed by atoms with Gasteiger partial charge in [0, 0.05) is 25.2 Å². The summed E-state index contributed by atoms with van der Waals surface area (Å²) >= 11 is 0. The maximum Gasteiger partial charge on any atom is 0.254 e. The zero-order valence-electron chi connectivity index (χ0n) is 12.8. The number of benzene rings is 2. The largest absolute Gasteiger partial charge is 0.497 e. The molecular formula is C17H18FNO3. The fraction of sp³-hybridized carbons (Fsp3) is 0.235. The summed E-state index contributed by atoms with van der Waals surface area (Å²) in [5.74, 6) is 0.646. The maximum atomic E-state index is 12.9. The monoisotopic (exact) mass is 303 g/mol. The summed E-state index contributed by atoms with van der Waals surface area (Å²) in [7, 11) is 4.76. The van der Waals surface area contributed by atoms with Gasteiger partial charge in [-0.05, 0) is 29.8 Å². The molecule has 5 heteroatoms. The van der Waals surface area contributed by atoms with Crippen LogP contribution in [0.5, 0.6) is 11.5 Å². The summed E-state index contributed by atoms with van der Waals surface area (Å²) in [6.07, 6.45) is 0. The van der Waals surface area contributed by atoms with E-state index in [2.05, 4.69) is 0 Å². The van der Waals surface area contributed by atoms with E-state index in [0.717, 1.165) is 5.56 Å². The highest BCUT2D eigenvalue weighted by Crippen LogP contribution is 2.23. The minimum atomic E-state index is -0.296. The highest BCUT2D eigenvalue weighted by Gasteiger charge is 2.14. The van der Waals surface area contributed by atoms with Crippen LogP contribution in [0, 0.1) is 5.82 Å². The molecule has 0 aliphatic heterocycles. The molecule has 4 nitrogen and oxygen atoms in total. The van der Waals surface area contributed by atoms with E-state index in [1.807, 2.05) is 0 Å². The molecule has 2 aromatic carbocycles. The van der Waals surface area contributed by atoms with E-state index < -0.39 is 0 Å². The molecule has 116 valence electrons. The molecule has 0 aliphatic carbocycles. The van der Waals surface area contributed by atoms with Crippen molar-refractivity contribution in [2.75, 3.05) is 21.3 Å². The quantitative estimate of drug-likeness (QED) is 0.852. The minimum absolute atomic E-state index is 0.165. The van der Waals surface area contributed by atoms with Gasteiger partial charge in [0.05, 0.1) is 14.2 Å². The molecule has 2 rings (SSSR count). The van der Waals surface area contributed by atoms with Crippen molar-refractivity contribution < 1.29 is 18.7 Å². The topological polar surface area (TPSA) is 38.8 Å². The fourth-order valence-electron chi connectivity index (χ4n) is 2.09. The van der Waals surface area contributed by atoms with Crippen LogP contribution in [0.4, 0.5) is 4.39 Å². The SMILES string of the molecule is COc1cc(OC)cc(C(=O)N(C)Cc2ccc(F)cc2)c1. The molecule has 0 aliphatic rings. The van der Waals surface area contributed by atoms with Crippen molar-refractivity contribution in [2.24, 2.45) is 0 Å². The van der Waals surface area contributed by atoms with Crippen LogP contribution >= 0.6 is 0 Å². The van der Waals surface area contributed by atoms with Crippen LogP contribution in [0.2, 0.25) is 0 Å². The van der Waals surface area contributed by atoms with E-state index in [0.29, 0.717) is 23.6 Å². The van der Waals surface area contributed by atoms with Crippen molar-refractivity contribution >= 4 is 5.91 Å². The number of rotatable bonds is 5. The Morgan fingerprint density at radius 2 is 1.59 bits per heavy atom. The minimum Gasteiger partial charge on any atom is -0.497 e. The average molecular weight is 303 g/mol. The van der Waals surface area contributed by atoms with Crippen LogP contribution < -0.4 is 9.47 Å². The van der Waals surface area contributed by atoms with Gasteiger partial charge >= 0.3 is 0 Å². The van der Waals surface area contributed by atoms with Crippen molar-refractivity contribution in [3.05, 3.63) is 59.4 Å². The molecular weight excluding hydrogens is 285 g/mol. The lowest BCUT2D eigenvalue weighted by Gasteiger charge is -2.18. The van der Waals surface area contributed by atoms with E-state index >= 15 is 0 Å². The van der Waals surface area contributed by atoms with Crippen molar-refractivity contribution in [1.29, 1.82) is 0 Å². The van der Waals surface area contributed by atoms with E-state index in [9.17, 15) is 9.18 Å². The van der Waals surface area contributed by atoms with Crippen LogP contribution in [0.3, 0.4) is 0 Å². The third kappa shape index (κ3) is 3.75. The number of amides is 1. The second-order valence-corrected chi connectivity index (χ2v) is 4.89. The van der Waals surface area contributed by atoms with Gasteiger partial charge < -0.3 is 14.4 Å². The molecule has 0 atom stereocenters. The number of nitrogens with zero attached hydrogens (tertiary/aromatic N) is 1. The molecule has 0 spiro atoms. The van der Waals surface area contributed by atoms with Crippen molar-refractivity contribution in [1.82, 2.24) is 4.90 Å². The van der Waals surface area contributed by atoms with Gasteiger partial charge in [-0.25, -0.2) is 4.39 Å². The Labute approximate surface area is 129 Å². The molecule has 0 N–H and O–H groups in total. The van der Waals surface area contributed by atoms with Gasteiger partial charge in [0.2, 0.25) is 0 Å². The van der Waals surface area contributed by atoms with Crippen LogP contribution in [0.15, 0.2) is 42.5 Å². The predicted molar refractivity (Wildman–Crippen MR) is 81.7 cm³/mol. The summed E-state index contributed by atoms with van der Waals surface area (Å²) in [5.41, 5.74) is 1.33. The van der Waals surface area contributed by atoms with Crippen molar-refractivity contribution in [3.63, 3.8) is 0 Å². The van der Waals surface area contributed by atoms with Gasteiger partial charge in [0.25, 0.3) is 5.91 Å². The molecule has 0 aromatic heterocycles. The zero-order chi connectivity index (χ0) is 16.1. The molecule has 0 heterocycles. The lowest BCUT2D eigenvalue weighted by molar-refractivity contribution is 0.0784. The van der Waals surface area contributed by atoms with Crippen LogP contribution in [-0.2, 0) is 6.54 Å². The third-order valence-corrected chi connectivity index (χ3v) is 3.28. The number of halogens is 1. The number of ether oxygens (including phenoxy) is 2. The van der Waals surface area contributed by atoms with Crippen LogP contribution in [0.1, 0.15) is 15.9 Å². The number of hydrogen-bond donors (Lipinski definition) is 0. The molecule has 22 heavy (non-hydrogen) atoms. The summed E-state index contributed by atoms with van der Waals surface area (Å²) in [4.78, 5) is 14.0. The lowest BCUT2D eigenvalue weighted by Crippen LogP contribution is -2.26. The number of methoxy groups -OCH3 is 2. The molecule has 1 amide bonds. The standard InChI is InChI=1S/C17H18FNO3/c1-19(11-12-4-6-14(18)7-5-12)17(20)13-8-15(21-2)10-16(9-13)22-3/h4-10H,11H2,1-3H3. The smallest absolute Gasteiger partial charge is 0.254 e. The first-order valence-corrected chi connectivity index (χ1v) is 6.76. The Morgan fingerprint density at radius 3 is 2.09 bits per heavy atom. The highest BCUT2D eigenvalue weighted by atomic mass is 19.1. The Balaban J connectivity index is 2.17. The van der Waals surface area contributed by atoms with Crippen molar-refractivity contribution in [3.8, 4) is 11.5 Å². The predicted octanol–water partition coefficient (Wildman–Crippen LogP) is 3.12. The molecule has 0 bridgehead atoms. The van der Waals surface area contributed by atoms with E-state index in [1.165, 1.54) is 26.4 Å². The maximum absolute atomic E-state index is 12.9. The van der Waals surface area contributed by atoms with E-state index in [1.54, 1.807) is 42.3 Å². The molecule has 0 unspecified atom stereocenters. The molecule has 2 aromatic rings. The molecule has 0 saturated heterocycles. The Kier molecular flexibility index (Phi) is 4.99. The number of carbonyl (C=O) groups is 1. The lowest BCUT2D eigenvalue weighted by atomic mass is 10.1. The van der Waals surface area contributed by atoms with E-state index in [4.69, 9.17) is 9.47 Å². The summed E-state index contributed by atoms with van der Waals surface area (Å²) < 4.78 is 23.2. The van der Waals surface area contributed by atoms with E-state index in [-0.39, 0.29) is 11.7 Å². The number of carbonyl (C=O) groups excluding carboxylic acids is 1. The Morgan fingerprint density at radius 1 is 1.05 bits per heavy atom. The van der Waals surface area contributed by atoms with Crippen LogP contribution in [0.25, 0.3) is 0 Å². The zero-order valence-corrected chi connectivity index (χ0v) is 12.8. The first-order valence-electron chi connectivity index (χ1n) is 6.76. The van der Waals surface area contributed by atoms with Gasteiger partial charge in [-0.1, -0.05) is 12.1 Å². The van der Waals surface area contributed by atoms with Gasteiger partial charge in [-0.3, -0.25) is 4.79 Å². The second kappa shape index (κ2) is 6.93. The van der Waals surface area contributed by atoms with Crippen LogP contribution in [-0.4, -0.2) is 32.1 Å². The Bertz CT molecular complexity index is 633. The summed E-state index contributed by atoms with van der Waals surface area (Å²) in [6, 6.07) is 11.1. The average Bonchev–Trinajstić information content (AvgIpc) is 2.55. The summed E-state index contributed by atoms with van der Waals surface area (Å²) in [6.45, 7) is 0.388. The van der Waals surface area contributed by atoms with Gasteiger partial charge in [-0.2, -0.15) is 0 Å². The van der Waals surface area contributed by atoms with Gasteiger partial charge in [-0.15, -0.1) is 0 Å². The normalized spacial score (nSPS) is 10.2. The highest BCUT2D eigenvalue weighted by molar-refractivity contribution is 5.94. The van der Waals surface area contributed by atoms with Gasteiger partial charge in [0.1, 0.15) is 17.3 Å². The first-order chi connectivity index (χ1) is 10.5. The molecule has 0 fully saturated rings. The van der Waals surface area contributed by atoms with Crippen molar-refractivity contribution in [2.45, 2.75) is 6.54 Å².